The molecule has 0 saturated heterocycles. The highest BCUT2D eigenvalue weighted by Gasteiger charge is 2.21. The third-order valence-corrected chi connectivity index (χ3v) is 3.86. The molecule has 3 nitrogen and oxygen atoms in total. The van der Waals surface area contributed by atoms with Gasteiger partial charge in [-0.2, -0.15) is 0 Å². The summed E-state index contributed by atoms with van der Waals surface area (Å²) in [6, 6.07) is 21.3. The van der Waals surface area contributed by atoms with Crippen molar-refractivity contribution < 1.29 is 14.6 Å². The number of rotatable bonds is 5. The van der Waals surface area contributed by atoms with Gasteiger partial charge in [0.1, 0.15) is 5.75 Å². The van der Waals surface area contributed by atoms with E-state index in [0.29, 0.717) is 12.2 Å². The summed E-state index contributed by atoms with van der Waals surface area (Å²) in [5.74, 6) is -0.387. The van der Waals surface area contributed by atoms with Crippen LogP contribution in [0.3, 0.4) is 0 Å². The number of ether oxygens (including phenoxy) is 1. The zero-order chi connectivity index (χ0) is 16.2. The summed E-state index contributed by atoms with van der Waals surface area (Å²) in [5.41, 5.74) is 2.08. The van der Waals surface area contributed by atoms with Gasteiger partial charge in [0.25, 0.3) is 0 Å². The van der Waals surface area contributed by atoms with E-state index in [2.05, 4.69) is 0 Å². The number of carboxylic acid groups (broad SMARTS) is 1. The van der Waals surface area contributed by atoms with Crippen LogP contribution in [-0.2, 0) is 11.2 Å². The van der Waals surface area contributed by atoms with Gasteiger partial charge in [0, 0.05) is 6.42 Å². The average molecular weight is 306 g/mol. The fourth-order valence-corrected chi connectivity index (χ4v) is 2.63. The molecule has 0 amide bonds. The van der Waals surface area contributed by atoms with Gasteiger partial charge in [-0.25, -0.2) is 4.79 Å². The maximum Gasteiger partial charge on any atom is 0.345 e. The Morgan fingerprint density at radius 2 is 1.70 bits per heavy atom. The molecule has 0 fully saturated rings. The highest BCUT2D eigenvalue weighted by molar-refractivity contribution is 5.86. The maximum atomic E-state index is 11.6. The van der Waals surface area contributed by atoms with Crippen molar-refractivity contribution in [3.63, 3.8) is 0 Å². The first-order valence-electron chi connectivity index (χ1n) is 7.56. The van der Waals surface area contributed by atoms with Gasteiger partial charge >= 0.3 is 5.97 Å². The van der Waals surface area contributed by atoms with Gasteiger partial charge in [0.2, 0.25) is 0 Å². The number of hydrogen-bond donors (Lipinski definition) is 1. The molecule has 116 valence electrons. The summed E-state index contributed by atoms with van der Waals surface area (Å²) in [6.07, 6.45) is -0.589. The molecule has 1 unspecified atom stereocenters. The Bertz CT molecular complexity index is 816. The SMILES string of the molecule is Cc1ccc(OC(Cc2cccc3ccccc23)C(=O)O)cc1. The molecule has 0 aliphatic carbocycles. The van der Waals surface area contributed by atoms with E-state index in [9.17, 15) is 9.90 Å². The lowest BCUT2D eigenvalue weighted by Gasteiger charge is -2.16. The van der Waals surface area contributed by atoms with Gasteiger partial charge in [-0.1, -0.05) is 60.2 Å². The largest absolute Gasteiger partial charge is 0.478 e. The smallest absolute Gasteiger partial charge is 0.345 e. The van der Waals surface area contributed by atoms with Crippen LogP contribution in [0.5, 0.6) is 5.75 Å². The zero-order valence-electron chi connectivity index (χ0n) is 12.9. The standard InChI is InChI=1S/C20H18O3/c1-14-9-11-17(12-10-14)23-19(20(21)22)13-16-7-4-6-15-5-2-3-8-18(15)16/h2-12,19H,13H2,1H3,(H,21,22). The first-order valence-corrected chi connectivity index (χ1v) is 7.56. The molecule has 3 aromatic rings. The van der Waals surface area contributed by atoms with Crippen LogP contribution in [0.2, 0.25) is 0 Å². The molecular weight excluding hydrogens is 288 g/mol. The Kier molecular flexibility index (Phi) is 4.29. The summed E-state index contributed by atoms with van der Waals surface area (Å²) >= 11 is 0. The topological polar surface area (TPSA) is 46.5 Å². The fourth-order valence-electron chi connectivity index (χ4n) is 2.63. The van der Waals surface area contributed by atoms with Crippen molar-refractivity contribution in [2.45, 2.75) is 19.4 Å². The Morgan fingerprint density at radius 1 is 1.00 bits per heavy atom. The van der Waals surface area contributed by atoms with E-state index in [0.717, 1.165) is 21.9 Å². The minimum absolute atomic E-state index is 0.324. The molecule has 3 rings (SSSR count). The van der Waals surface area contributed by atoms with Crippen molar-refractivity contribution in [2.75, 3.05) is 0 Å². The van der Waals surface area contributed by atoms with Crippen molar-refractivity contribution >= 4 is 16.7 Å². The Morgan fingerprint density at radius 3 is 2.43 bits per heavy atom. The molecule has 0 saturated carbocycles. The van der Waals surface area contributed by atoms with E-state index in [-0.39, 0.29) is 0 Å². The number of aryl methyl sites for hydroxylation is 1. The molecule has 0 radical (unpaired) electrons. The predicted molar refractivity (Wildman–Crippen MR) is 90.9 cm³/mol. The molecule has 0 aliphatic heterocycles. The minimum Gasteiger partial charge on any atom is -0.478 e. The molecule has 1 N–H and O–H groups in total. The summed E-state index contributed by atoms with van der Waals surface area (Å²) in [6.45, 7) is 1.98. The van der Waals surface area contributed by atoms with Crippen LogP contribution >= 0.6 is 0 Å². The van der Waals surface area contributed by atoms with Gasteiger partial charge in [-0.15, -0.1) is 0 Å². The van der Waals surface area contributed by atoms with Gasteiger partial charge in [0.05, 0.1) is 0 Å². The molecule has 0 heterocycles. The second-order valence-electron chi connectivity index (χ2n) is 5.60. The molecular formula is C20H18O3. The maximum absolute atomic E-state index is 11.6. The summed E-state index contributed by atoms with van der Waals surface area (Å²) in [4.78, 5) is 11.6. The minimum atomic E-state index is -0.960. The van der Waals surface area contributed by atoms with Crippen LogP contribution < -0.4 is 4.74 Å². The number of aliphatic carboxylic acids is 1. The van der Waals surface area contributed by atoms with Crippen LogP contribution in [0.4, 0.5) is 0 Å². The van der Waals surface area contributed by atoms with Gasteiger partial charge in [0.15, 0.2) is 6.10 Å². The Hall–Kier alpha value is -2.81. The van der Waals surface area contributed by atoms with Crippen LogP contribution in [0.15, 0.2) is 66.7 Å². The van der Waals surface area contributed by atoms with Gasteiger partial charge in [-0.05, 0) is 35.4 Å². The number of carbonyl (C=O) groups is 1. The average Bonchev–Trinajstić information content (AvgIpc) is 2.56. The van der Waals surface area contributed by atoms with E-state index in [4.69, 9.17) is 4.74 Å². The van der Waals surface area contributed by atoms with E-state index in [1.807, 2.05) is 61.5 Å². The molecule has 23 heavy (non-hydrogen) atoms. The molecule has 3 heteroatoms. The summed E-state index contributed by atoms with van der Waals surface area (Å²) in [5, 5.41) is 11.7. The van der Waals surface area contributed by atoms with E-state index in [1.165, 1.54) is 0 Å². The van der Waals surface area contributed by atoms with Crippen LogP contribution in [0.25, 0.3) is 10.8 Å². The molecule has 1 atom stereocenters. The highest BCUT2D eigenvalue weighted by atomic mass is 16.5. The van der Waals surface area contributed by atoms with Crippen molar-refractivity contribution in [1.29, 1.82) is 0 Å². The number of hydrogen-bond acceptors (Lipinski definition) is 2. The van der Waals surface area contributed by atoms with E-state index in [1.54, 1.807) is 12.1 Å². The number of fused-ring (bicyclic) bond motifs is 1. The first-order chi connectivity index (χ1) is 11.1. The Balaban J connectivity index is 1.87. The van der Waals surface area contributed by atoms with Crippen LogP contribution in [0, 0.1) is 6.92 Å². The Labute approximate surface area is 135 Å². The molecule has 3 aromatic carbocycles. The van der Waals surface area contributed by atoms with E-state index < -0.39 is 12.1 Å². The number of benzene rings is 3. The lowest BCUT2D eigenvalue weighted by Crippen LogP contribution is -2.29. The van der Waals surface area contributed by atoms with Crippen molar-refractivity contribution in [2.24, 2.45) is 0 Å². The van der Waals surface area contributed by atoms with Crippen LogP contribution in [-0.4, -0.2) is 17.2 Å². The second-order valence-corrected chi connectivity index (χ2v) is 5.60. The third kappa shape index (κ3) is 3.51. The fraction of sp³-hybridized carbons (Fsp3) is 0.150. The molecule has 0 bridgehead atoms. The molecule has 0 aromatic heterocycles. The van der Waals surface area contributed by atoms with Crippen molar-refractivity contribution in [1.82, 2.24) is 0 Å². The third-order valence-electron chi connectivity index (χ3n) is 3.86. The van der Waals surface area contributed by atoms with Crippen LogP contribution in [0.1, 0.15) is 11.1 Å². The zero-order valence-corrected chi connectivity index (χ0v) is 12.9. The monoisotopic (exact) mass is 306 g/mol. The lowest BCUT2D eigenvalue weighted by molar-refractivity contribution is -0.145. The quantitative estimate of drug-likeness (QED) is 0.767. The van der Waals surface area contributed by atoms with Gasteiger partial charge < -0.3 is 9.84 Å². The van der Waals surface area contributed by atoms with Crippen molar-refractivity contribution in [3.05, 3.63) is 77.9 Å². The summed E-state index contributed by atoms with van der Waals surface area (Å²) < 4.78 is 5.68. The second kappa shape index (κ2) is 6.53. The normalized spacial score (nSPS) is 12.0. The van der Waals surface area contributed by atoms with Gasteiger partial charge in [-0.3, -0.25) is 0 Å². The molecule has 0 spiro atoms. The molecule has 0 aliphatic rings. The first kappa shape index (κ1) is 15.1. The van der Waals surface area contributed by atoms with Crippen molar-refractivity contribution in [3.8, 4) is 5.75 Å². The lowest BCUT2D eigenvalue weighted by atomic mass is 10.00. The predicted octanol–water partition coefficient (Wildman–Crippen LogP) is 4.22. The number of carboxylic acids is 1. The highest BCUT2D eigenvalue weighted by Crippen LogP contribution is 2.22. The summed E-state index contributed by atoms with van der Waals surface area (Å²) in [7, 11) is 0. The van der Waals surface area contributed by atoms with E-state index >= 15 is 0 Å².